The maximum Gasteiger partial charge on any atom is 0.409 e. The molecule has 0 radical (unpaired) electrons. The molecule has 0 saturated carbocycles. The van der Waals surface area contributed by atoms with Crippen LogP contribution in [-0.4, -0.2) is 69.5 Å². The van der Waals surface area contributed by atoms with Crippen molar-refractivity contribution in [2.24, 2.45) is 4.99 Å². The molecule has 1 fully saturated rings. The minimum Gasteiger partial charge on any atom is -0.493 e. The van der Waals surface area contributed by atoms with Gasteiger partial charge in [0.2, 0.25) is 0 Å². The molecule has 2 N–H and O–H groups in total. The molecule has 8 nitrogen and oxygen atoms in total. The number of carbonyl (C=O) groups excluding carboxylic acids is 1. The van der Waals surface area contributed by atoms with Gasteiger partial charge in [0.05, 0.1) is 20.3 Å². The number of rotatable bonds is 7. The number of carbonyl (C=O) groups is 1. The number of nitrogens with zero attached hydrogens (tertiary/aromatic N) is 2. The molecule has 8 heteroatoms. The summed E-state index contributed by atoms with van der Waals surface area (Å²) in [4.78, 5) is 17.8. The van der Waals surface area contributed by atoms with E-state index in [-0.39, 0.29) is 18.2 Å². The van der Waals surface area contributed by atoms with Gasteiger partial charge in [-0.3, -0.25) is 4.99 Å². The summed E-state index contributed by atoms with van der Waals surface area (Å²) in [6.07, 6.45) is 1.41. The van der Waals surface area contributed by atoms with Gasteiger partial charge < -0.3 is 29.7 Å². The predicted molar refractivity (Wildman–Crippen MR) is 109 cm³/mol. The summed E-state index contributed by atoms with van der Waals surface area (Å²) >= 11 is 0. The Hall–Kier alpha value is -2.64. The zero-order valence-corrected chi connectivity index (χ0v) is 17.2. The first-order chi connectivity index (χ1) is 13.6. The van der Waals surface area contributed by atoms with Crippen LogP contribution in [0.1, 0.15) is 26.7 Å². The zero-order chi connectivity index (χ0) is 20.4. The molecule has 1 heterocycles. The first-order valence-corrected chi connectivity index (χ1v) is 9.75. The Morgan fingerprint density at radius 1 is 1.29 bits per heavy atom. The van der Waals surface area contributed by atoms with E-state index in [1.165, 1.54) is 0 Å². The number of guanidine groups is 1. The van der Waals surface area contributed by atoms with Crippen LogP contribution in [0.15, 0.2) is 29.3 Å². The second-order valence-electron chi connectivity index (χ2n) is 6.64. The molecule has 0 aliphatic carbocycles. The smallest absolute Gasteiger partial charge is 0.409 e. The first-order valence-electron chi connectivity index (χ1n) is 9.75. The zero-order valence-electron chi connectivity index (χ0n) is 17.2. The number of ether oxygens (including phenoxy) is 3. The van der Waals surface area contributed by atoms with Crippen LogP contribution in [0.4, 0.5) is 4.79 Å². The molecule has 1 aliphatic heterocycles. The van der Waals surface area contributed by atoms with Crippen LogP contribution < -0.4 is 20.1 Å². The fourth-order valence-corrected chi connectivity index (χ4v) is 3.02. The third-order valence-electron chi connectivity index (χ3n) is 4.54. The lowest BCUT2D eigenvalue weighted by atomic mass is 10.1. The SMILES string of the molecule is CCOC(=O)N1CCC(NC(=NC)NCC(C)Oc2ccccc2OC)CC1. The Balaban J connectivity index is 1.75. The highest BCUT2D eigenvalue weighted by Gasteiger charge is 2.24. The Labute approximate surface area is 167 Å². The van der Waals surface area contributed by atoms with Crippen molar-refractivity contribution < 1.29 is 19.0 Å². The molecule has 0 bridgehead atoms. The summed E-state index contributed by atoms with van der Waals surface area (Å²) in [7, 11) is 3.37. The summed E-state index contributed by atoms with van der Waals surface area (Å²) in [5.74, 6) is 2.16. The van der Waals surface area contributed by atoms with Crippen LogP contribution in [-0.2, 0) is 4.74 Å². The average Bonchev–Trinajstić information content (AvgIpc) is 2.72. The van der Waals surface area contributed by atoms with E-state index in [0.717, 1.165) is 18.8 Å². The van der Waals surface area contributed by atoms with E-state index in [4.69, 9.17) is 14.2 Å². The highest BCUT2D eigenvalue weighted by molar-refractivity contribution is 5.80. The molecule has 1 aromatic carbocycles. The minimum absolute atomic E-state index is 0.0690. The van der Waals surface area contributed by atoms with Crippen molar-refractivity contribution in [3.63, 3.8) is 0 Å². The first kappa shape index (κ1) is 21.7. The van der Waals surface area contributed by atoms with Crippen molar-refractivity contribution in [1.82, 2.24) is 15.5 Å². The number of benzene rings is 1. The van der Waals surface area contributed by atoms with E-state index in [1.807, 2.05) is 38.1 Å². The second-order valence-corrected chi connectivity index (χ2v) is 6.64. The summed E-state index contributed by atoms with van der Waals surface area (Å²) < 4.78 is 16.3. The van der Waals surface area contributed by atoms with Crippen LogP contribution >= 0.6 is 0 Å². The lowest BCUT2D eigenvalue weighted by Crippen LogP contribution is -2.50. The number of piperidine rings is 1. The fourth-order valence-electron chi connectivity index (χ4n) is 3.02. The van der Waals surface area contributed by atoms with Crippen molar-refractivity contribution in [2.75, 3.05) is 40.4 Å². The van der Waals surface area contributed by atoms with Gasteiger partial charge in [0.25, 0.3) is 0 Å². The van der Waals surface area contributed by atoms with E-state index >= 15 is 0 Å². The highest BCUT2D eigenvalue weighted by Crippen LogP contribution is 2.26. The topological polar surface area (TPSA) is 84.4 Å². The molecule has 156 valence electrons. The number of amides is 1. The van der Waals surface area contributed by atoms with E-state index in [2.05, 4.69) is 15.6 Å². The van der Waals surface area contributed by atoms with Gasteiger partial charge in [-0.25, -0.2) is 4.79 Å². The highest BCUT2D eigenvalue weighted by atomic mass is 16.6. The molecule has 28 heavy (non-hydrogen) atoms. The van der Waals surface area contributed by atoms with Crippen molar-refractivity contribution in [3.8, 4) is 11.5 Å². The van der Waals surface area contributed by atoms with Crippen LogP contribution in [0.5, 0.6) is 11.5 Å². The largest absolute Gasteiger partial charge is 0.493 e. The van der Waals surface area contributed by atoms with Gasteiger partial charge in [0.1, 0.15) is 6.10 Å². The Kier molecular flexibility index (Phi) is 8.71. The Morgan fingerprint density at radius 3 is 2.57 bits per heavy atom. The molecule has 1 unspecified atom stereocenters. The normalized spacial score (nSPS) is 16.3. The lowest BCUT2D eigenvalue weighted by molar-refractivity contribution is 0.0963. The molecular formula is C20H32N4O4. The van der Waals surface area contributed by atoms with E-state index in [9.17, 15) is 4.79 Å². The van der Waals surface area contributed by atoms with Crippen molar-refractivity contribution in [3.05, 3.63) is 24.3 Å². The van der Waals surface area contributed by atoms with Gasteiger partial charge in [0, 0.05) is 26.2 Å². The fraction of sp³-hybridized carbons (Fsp3) is 0.600. The Morgan fingerprint density at radius 2 is 1.96 bits per heavy atom. The van der Waals surface area contributed by atoms with Crippen molar-refractivity contribution in [2.45, 2.75) is 38.8 Å². The van der Waals surface area contributed by atoms with Crippen LogP contribution in [0.25, 0.3) is 0 Å². The second kappa shape index (κ2) is 11.3. The molecule has 0 spiro atoms. The van der Waals surface area contributed by atoms with Gasteiger partial charge in [-0.05, 0) is 38.8 Å². The number of methoxy groups -OCH3 is 1. The van der Waals surface area contributed by atoms with Gasteiger partial charge >= 0.3 is 6.09 Å². The molecule has 1 aromatic rings. The van der Waals surface area contributed by atoms with Crippen LogP contribution in [0, 0.1) is 0 Å². The van der Waals surface area contributed by atoms with Gasteiger partial charge in [-0.2, -0.15) is 0 Å². The van der Waals surface area contributed by atoms with E-state index < -0.39 is 0 Å². The number of hydrogen-bond acceptors (Lipinski definition) is 5. The number of nitrogens with one attached hydrogen (secondary N) is 2. The summed E-state index contributed by atoms with van der Waals surface area (Å²) in [6.45, 7) is 6.18. The van der Waals surface area contributed by atoms with Gasteiger partial charge in [-0.15, -0.1) is 0 Å². The quantitative estimate of drug-likeness (QED) is 0.547. The number of para-hydroxylation sites is 2. The van der Waals surface area contributed by atoms with Gasteiger partial charge in [-0.1, -0.05) is 12.1 Å². The Bertz CT molecular complexity index is 645. The van der Waals surface area contributed by atoms with Crippen LogP contribution in [0.3, 0.4) is 0 Å². The van der Waals surface area contributed by atoms with E-state index in [0.29, 0.717) is 37.7 Å². The van der Waals surface area contributed by atoms with Crippen molar-refractivity contribution >= 4 is 12.1 Å². The molecule has 1 saturated heterocycles. The standard InChI is InChI=1S/C20H32N4O4/c1-5-27-20(25)24-12-10-16(11-13-24)23-19(21-3)22-14-15(2)28-18-9-7-6-8-17(18)26-4/h6-9,15-16H,5,10-14H2,1-4H3,(H2,21,22,23). The van der Waals surface area contributed by atoms with Crippen molar-refractivity contribution in [1.29, 1.82) is 0 Å². The maximum absolute atomic E-state index is 11.8. The molecule has 1 atom stereocenters. The van der Waals surface area contributed by atoms with Crippen LogP contribution in [0.2, 0.25) is 0 Å². The minimum atomic E-state index is -0.231. The van der Waals surface area contributed by atoms with Gasteiger partial charge in [0.15, 0.2) is 17.5 Å². The number of aliphatic imine (C=N–C) groups is 1. The monoisotopic (exact) mass is 392 g/mol. The summed E-state index contributed by atoms with van der Waals surface area (Å²) in [6, 6.07) is 7.86. The molecule has 1 aliphatic rings. The molecular weight excluding hydrogens is 360 g/mol. The third kappa shape index (κ3) is 6.51. The number of likely N-dealkylation sites (tertiary alicyclic amines) is 1. The summed E-state index contributed by atoms with van der Waals surface area (Å²) in [5, 5.41) is 6.72. The van der Waals surface area contributed by atoms with E-state index in [1.54, 1.807) is 19.1 Å². The lowest BCUT2D eigenvalue weighted by Gasteiger charge is -2.32. The average molecular weight is 393 g/mol. The summed E-state index contributed by atoms with van der Waals surface area (Å²) in [5.41, 5.74) is 0. The number of hydrogen-bond donors (Lipinski definition) is 2. The molecule has 1 amide bonds. The predicted octanol–water partition coefficient (Wildman–Crippen LogP) is 2.25. The molecule has 2 rings (SSSR count). The third-order valence-corrected chi connectivity index (χ3v) is 4.54. The molecule has 0 aromatic heterocycles. The maximum atomic E-state index is 11.8.